The number of hydrogen-bond acceptors (Lipinski definition) is 6. The number of nitrogens with one attached hydrogen (secondary N) is 1. The first-order valence-corrected chi connectivity index (χ1v) is 8.48. The van der Waals surface area contributed by atoms with Gasteiger partial charge in [0.15, 0.2) is 0 Å². The Morgan fingerprint density at radius 3 is 2.72 bits per heavy atom. The zero-order valence-electron chi connectivity index (χ0n) is 13.5. The molecule has 2 heterocycles. The third-order valence-electron chi connectivity index (χ3n) is 3.29. The number of thiophene rings is 1. The van der Waals surface area contributed by atoms with Crippen LogP contribution in [-0.4, -0.2) is 16.9 Å². The number of aromatic nitrogens is 1. The Hall–Kier alpha value is -2.93. The molecule has 7 heteroatoms. The maximum absolute atomic E-state index is 11.9. The van der Waals surface area contributed by atoms with Crippen molar-refractivity contribution in [1.82, 2.24) is 4.98 Å². The van der Waals surface area contributed by atoms with Crippen molar-refractivity contribution in [3.8, 4) is 10.8 Å². The first-order valence-electron chi connectivity index (χ1n) is 7.60. The number of hydrogen-bond donors (Lipinski definition) is 1. The van der Waals surface area contributed by atoms with Gasteiger partial charge in [-0.2, -0.15) is 0 Å². The number of nitrogens with zero attached hydrogens (tertiary/aromatic N) is 1. The number of benzene rings is 1. The molecule has 3 rings (SSSR count). The second-order valence-electron chi connectivity index (χ2n) is 5.34. The van der Waals surface area contributed by atoms with Gasteiger partial charge in [0.05, 0.1) is 11.3 Å². The predicted molar refractivity (Wildman–Crippen MR) is 94.1 cm³/mol. The van der Waals surface area contributed by atoms with Gasteiger partial charge in [-0.25, -0.2) is 4.98 Å². The van der Waals surface area contributed by atoms with Crippen molar-refractivity contribution in [2.24, 2.45) is 0 Å². The lowest BCUT2D eigenvalue weighted by Crippen LogP contribution is -2.09. The average molecular weight is 356 g/mol. The second-order valence-corrected chi connectivity index (χ2v) is 6.28. The third kappa shape index (κ3) is 4.77. The van der Waals surface area contributed by atoms with Crippen LogP contribution in [0.25, 0.3) is 10.8 Å². The average Bonchev–Trinajstić information content (AvgIpc) is 3.25. The zero-order chi connectivity index (χ0) is 17.6. The number of amides is 1. The van der Waals surface area contributed by atoms with Gasteiger partial charge in [0.25, 0.3) is 0 Å². The van der Waals surface area contributed by atoms with Crippen LogP contribution in [-0.2, 0) is 27.4 Å². The summed E-state index contributed by atoms with van der Waals surface area (Å²) in [6.45, 7) is 1.51. The van der Waals surface area contributed by atoms with Gasteiger partial charge in [-0.05, 0) is 29.1 Å². The Balaban J connectivity index is 1.50. The molecule has 0 aliphatic carbocycles. The first kappa shape index (κ1) is 16.9. The molecule has 2 aromatic heterocycles. The molecule has 0 unspecified atom stereocenters. The summed E-state index contributed by atoms with van der Waals surface area (Å²) in [4.78, 5) is 28.1. The van der Waals surface area contributed by atoms with Gasteiger partial charge in [-0.15, -0.1) is 11.3 Å². The van der Waals surface area contributed by atoms with Crippen molar-refractivity contribution in [2.45, 2.75) is 20.0 Å². The number of rotatable bonds is 6. The molecule has 25 heavy (non-hydrogen) atoms. The monoisotopic (exact) mass is 356 g/mol. The fourth-order valence-corrected chi connectivity index (χ4v) is 2.82. The van der Waals surface area contributed by atoms with Crippen LogP contribution in [0.2, 0.25) is 0 Å². The number of carbonyl (C=O) groups excluding carboxylic acids is 2. The van der Waals surface area contributed by atoms with E-state index in [2.05, 4.69) is 10.3 Å². The van der Waals surface area contributed by atoms with Crippen molar-refractivity contribution in [2.75, 3.05) is 5.32 Å². The van der Waals surface area contributed by atoms with Gasteiger partial charge in [-0.1, -0.05) is 18.2 Å². The van der Waals surface area contributed by atoms with Gasteiger partial charge < -0.3 is 14.5 Å². The molecule has 0 bridgehead atoms. The van der Waals surface area contributed by atoms with E-state index in [4.69, 9.17) is 9.15 Å². The van der Waals surface area contributed by atoms with E-state index in [1.807, 2.05) is 17.5 Å². The van der Waals surface area contributed by atoms with Gasteiger partial charge in [0.1, 0.15) is 18.6 Å². The number of carbonyl (C=O) groups is 2. The van der Waals surface area contributed by atoms with Gasteiger partial charge >= 0.3 is 5.97 Å². The minimum absolute atomic E-state index is 0.0671. The lowest BCUT2D eigenvalue weighted by atomic mass is 10.1. The van der Waals surface area contributed by atoms with Crippen LogP contribution in [0.15, 0.2) is 52.5 Å². The molecule has 0 aliphatic heterocycles. The molecule has 128 valence electrons. The maximum atomic E-state index is 11.9. The summed E-state index contributed by atoms with van der Waals surface area (Å²) in [6, 6.07) is 10.9. The Morgan fingerprint density at radius 2 is 2.04 bits per heavy atom. The number of anilines is 1. The summed E-state index contributed by atoms with van der Waals surface area (Å²) >= 11 is 1.53. The van der Waals surface area contributed by atoms with E-state index in [1.165, 1.54) is 24.5 Å². The Morgan fingerprint density at radius 1 is 1.24 bits per heavy atom. The van der Waals surface area contributed by atoms with Crippen LogP contribution in [0.3, 0.4) is 0 Å². The van der Waals surface area contributed by atoms with Crippen molar-refractivity contribution in [1.29, 1.82) is 0 Å². The molecule has 1 amide bonds. The Bertz CT molecular complexity index is 854. The zero-order valence-corrected chi connectivity index (χ0v) is 14.3. The number of oxazole rings is 1. The molecule has 0 saturated heterocycles. The van der Waals surface area contributed by atoms with Gasteiger partial charge in [0.2, 0.25) is 11.8 Å². The van der Waals surface area contributed by atoms with Crippen LogP contribution in [0.5, 0.6) is 0 Å². The molecule has 0 aliphatic rings. The summed E-state index contributed by atoms with van der Waals surface area (Å²) in [6.07, 6.45) is 1.64. The quantitative estimate of drug-likeness (QED) is 0.682. The third-order valence-corrected chi connectivity index (χ3v) is 4.15. The summed E-state index contributed by atoms with van der Waals surface area (Å²) in [7, 11) is 0. The predicted octanol–water partition coefficient (Wildman–Crippen LogP) is 3.65. The number of ether oxygens (including phenoxy) is 1. The summed E-state index contributed by atoms with van der Waals surface area (Å²) < 4.78 is 10.6. The topological polar surface area (TPSA) is 81.4 Å². The highest BCUT2D eigenvalue weighted by Crippen LogP contribution is 2.23. The lowest BCUT2D eigenvalue weighted by molar-refractivity contribution is -0.144. The van der Waals surface area contributed by atoms with Crippen LogP contribution in [0, 0.1) is 0 Å². The van der Waals surface area contributed by atoms with E-state index in [9.17, 15) is 9.59 Å². The van der Waals surface area contributed by atoms with Crippen LogP contribution >= 0.6 is 11.3 Å². The molecule has 0 saturated carbocycles. The lowest BCUT2D eigenvalue weighted by Gasteiger charge is -2.05. The standard InChI is InChI=1S/C18H16N2O4S/c1-12(21)19-14-6-4-13(5-7-14)9-17(22)23-10-15-11-24-18(20-15)16-3-2-8-25-16/h2-8,11H,9-10H2,1H3,(H,19,21). The van der Waals surface area contributed by atoms with E-state index in [0.717, 1.165) is 10.4 Å². The van der Waals surface area contributed by atoms with Crippen molar-refractivity contribution in [3.05, 3.63) is 59.3 Å². The minimum Gasteiger partial charge on any atom is -0.459 e. The molecule has 1 aromatic carbocycles. The summed E-state index contributed by atoms with van der Waals surface area (Å²) in [5, 5.41) is 4.61. The summed E-state index contributed by atoms with van der Waals surface area (Å²) in [5.41, 5.74) is 2.06. The molecule has 0 spiro atoms. The van der Waals surface area contributed by atoms with Crippen molar-refractivity contribution in [3.63, 3.8) is 0 Å². The smallest absolute Gasteiger partial charge is 0.310 e. The van der Waals surface area contributed by atoms with E-state index in [-0.39, 0.29) is 24.9 Å². The SMILES string of the molecule is CC(=O)Nc1ccc(CC(=O)OCc2coc(-c3cccs3)n2)cc1. The van der Waals surface area contributed by atoms with Crippen LogP contribution in [0.1, 0.15) is 18.2 Å². The maximum Gasteiger partial charge on any atom is 0.310 e. The fraction of sp³-hybridized carbons (Fsp3) is 0.167. The molecule has 0 atom stereocenters. The van der Waals surface area contributed by atoms with E-state index >= 15 is 0 Å². The van der Waals surface area contributed by atoms with Crippen molar-refractivity contribution < 1.29 is 18.7 Å². The summed E-state index contributed by atoms with van der Waals surface area (Å²) in [5.74, 6) is 0.0317. The molecule has 1 N–H and O–H groups in total. The van der Waals surface area contributed by atoms with E-state index < -0.39 is 0 Å². The highest BCUT2D eigenvalue weighted by molar-refractivity contribution is 7.13. The Kier molecular flexibility index (Phi) is 5.25. The normalized spacial score (nSPS) is 10.4. The Labute approximate surface area is 148 Å². The highest BCUT2D eigenvalue weighted by atomic mass is 32.1. The molecule has 0 fully saturated rings. The van der Waals surface area contributed by atoms with Crippen molar-refractivity contribution >= 4 is 28.9 Å². The van der Waals surface area contributed by atoms with Gasteiger partial charge in [0, 0.05) is 12.6 Å². The fourth-order valence-electron chi connectivity index (χ4n) is 2.17. The minimum atomic E-state index is -0.354. The van der Waals surface area contributed by atoms with E-state index in [1.54, 1.807) is 24.3 Å². The molecular formula is C18H16N2O4S. The first-order chi connectivity index (χ1) is 12.1. The molecule has 6 nitrogen and oxygen atoms in total. The van der Waals surface area contributed by atoms with E-state index in [0.29, 0.717) is 17.3 Å². The van der Waals surface area contributed by atoms with Crippen LogP contribution < -0.4 is 5.32 Å². The van der Waals surface area contributed by atoms with Gasteiger partial charge in [-0.3, -0.25) is 9.59 Å². The second kappa shape index (κ2) is 7.76. The number of esters is 1. The largest absolute Gasteiger partial charge is 0.459 e. The molecular weight excluding hydrogens is 340 g/mol. The molecule has 3 aromatic rings. The highest BCUT2D eigenvalue weighted by Gasteiger charge is 2.10. The van der Waals surface area contributed by atoms with Crippen LogP contribution in [0.4, 0.5) is 5.69 Å². The molecule has 0 radical (unpaired) electrons.